The first-order valence-corrected chi connectivity index (χ1v) is 13.8. The topological polar surface area (TPSA) is 92.8 Å². The predicted octanol–water partition coefficient (Wildman–Crippen LogP) is 3.25. The minimum Gasteiger partial charge on any atom is -0.451 e. The van der Waals surface area contributed by atoms with Crippen molar-refractivity contribution in [3.63, 3.8) is 0 Å². The van der Waals surface area contributed by atoms with Crippen LogP contribution in [0.1, 0.15) is 64.7 Å². The number of ether oxygens (including phenoxy) is 1. The molecule has 6 rings (SSSR count). The van der Waals surface area contributed by atoms with Gasteiger partial charge in [-0.3, -0.25) is 9.59 Å². The van der Waals surface area contributed by atoms with Gasteiger partial charge in [-0.2, -0.15) is 4.31 Å². The maximum atomic E-state index is 13.2. The van der Waals surface area contributed by atoms with E-state index in [0.717, 1.165) is 25.7 Å². The van der Waals surface area contributed by atoms with E-state index in [4.69, 9.17) is 4.74 Å². The van der Waals surface area contributed by atoms with Crippen molar-refractivity contribution in [2.24, 2.45) is 17.8 Å². The van der Waals surface area contributed by atoms with Crippen LogP contribution < -0.4 is 5.32 Å². The maximum absolute atomic E-state index is 13.2. The van der Waals surface area contributed by atoms with Gasteiger partial charge in [-0.05, 0) is 94.6 Å². The summed E-state index contributed by atoms with van der Waals surface area (Å²) in [6, 6.07) is 7.26. The number of nitrogens with zero attached hydrogens (tertiary/aromatic N) is 1. The van der Waals surface area contributed by atoms with Crippen LogP contribution in [0.4, 0.5) is 0 Å². The van der Waals surface area contributed by atoms with E-state index < -0.39 is 28.1 Å². The lowest BCUT2D eigenvalue weighted by Crippen LogP contribution is -2.61. The summed E-state index contributed by atoms with van der Waals surface area (Å²) in [6.45, 7) is 1.86. The molecular weight excluding hydrogens is 440 g/mol. The lowest BCUT2D eigenvalue weighted by molar-refractivity contribution is -0.160. The summed E-state index contributed by atoms with van der Waals surface area (Å²) in [4.78, 5) is 26.2. The van der Waals surface area contributed by atoms with E-state index >= 15 is 0 Å². The Kier molecular flexibility index (Phi) is 6.02. The number of amides is 1. The summed E-state index contributed by atoms with van der Waals surface area (Å²) >= 11 is 0. The summed E-state index contributed by atoms with van der Waals surface area (Å²) in [7, 11) is -3.82. The van der Waals surface area contributed by atoms with Gasteiger partial charge in [-0.15, -0.1) is 0 Å². The molecule has 7 nitrogen and oxygen atoms in total. The zero-order valence-corrected chi connectivity index (χ0v) is 20.1. The fourth-order valence-corrected chi connectivity index (χ4v) is 8.76. The number of carbonyl (C=O) groups excluding carboxylic acids is 2. The molecule has 5 fully saturated rings. The number of rotatable bonds is 6. The van der Waals surface area contributed by atoms with E-state index in [9.17, 15) is 18.0 Å². The molecule has 1 amide bonds. The van der Waals surface area contributed by atoms with Crippen molar-refractivity contribution >= 4 is 21.9 Å². The molecule has 1 aromatic carbocycles. The van der Waals surface area contributed by atoms with Gasteiger partial charge in [0.1, 0.15) is 6.04 Å². The molecule has 1 aromatic rings. The molecule has 1 aliphatic heterocycles. The van der Waals surface area contributed by atoms with Crippen molar-refractivity contribution in [3.05, 3.63) is 30.3 Å². The number of piperidine rings is 1. The first-order valence-electron chi connectivity index (χ1n) is 12.4. The molecule has 1 N–H and O–H groups in total. The van der Waals surface area contributed by atoms with E-state index in [1.165, 1.54) is 35.7 Å². The second kappa shape index (κ2) is 8.69. The van der Waals surface area contributed by atoms with E-state index in [2.05, 4.69) is 5.32 Å². The quantitative estimate of drug-likeness (QED) is 0.639. The van der Waals surface area contributed by atoms with Gasteiger partial charge in [-0.25, -0.2) is 8.42 Å². The zero-order valence-electron chi connectivity index (χ0n) is 19.2. The highest BCUT2D eigenvalue weighted by atomic mass is 32.2. The number of hydrogen-bond donors (Lipinski definition) is 1. The highest BCUT2D eigenvalue weighted by Gasteiger charge is 2.52. The Morgan fingerprint density at radius 1 is 1.03 bits per heavy atom. The molecule has 180 valence electrons. The smallest absolute Gasteiger partial charge is 0.325 e. The highest BCUT2D eigenvalue weighted by Crippen LogP contribution is 2.55. The minimum absolute atomic E-state index is 0.153. The van der Waals surface area contributed by atoms with Crippen LogP contribution in [0.5, 0.6) is 0 Å². The summed E-state index contributed by atoms with van der Waals surface area (Å²) in [6.07, 6.45) is 7.81. The second-order valence-electron chi connectivity index (χ2n) is 10.7. The largest absolute Gasteiger partial charge is 0.451 e. The van der Waals surface area contributed by atoms with Crippen LogP contribution in [0.15, 0.2) is 35.2 Å². The molecular formula is C25H34N2O5S. The number of esters is 1. The molecule has 33 heavy (non-hydrogen) atoms. The summed E-state index contributed by atoms with van der Waals surface area (Å²) < 4.78 is 33.2. The van der Waals surface area contributed by atoms with Crippen LogP contribution >= 0.6 is 0 Å². The molecule has 0 aromatic heterocycles. The molecule has 4 bridgehead atoms. The molecule has 0 spiro atoms. The average molecular weight is 475 g/mol. The lowest BCUT2D eigenvalue weighted by Gasteiger charge is -2.57. The van der Waals surface area contributed by atoms with E-state index in [0.29, 0.717) is 30.6 Å². The fourth-order valence-electron chi connectivity index (χ4n) is 7.09. The van der Waals surface area contributed by atoms with Gasteiger partial charge < -0.3 is 10.1 Å². The van der Waals surface area contributed by atoms with Gasteiger partial charge in [0, 0.05) is 12.1 Å². The lowest BCUT2D eigenvalue weighted by atomic mass is 9.53. The van der Waals surface area contributed by atoms with Gasteiger partial charge in [-0.1, -0.05) is 18.2 Å². The Morgan fingerprint density at radius 2 is 1.64 bits per heavy atom. The number of carbonyl (C=O) groups is 2. The van der Waals surface area contributed by atoms with Crippen LogP contribution in [0, 0.1) is 17.8 Å². The van der Waals surface area contributed by atoms with Crippen molar-refractivity contribution in [3.8, 4) is 0 Å². The third-order valence-electron chi connectivity index (χ3n) is 8.16. The van der Waals surface area contributed by atoms with E-state index in [-0.39, 0.29) is 22.9 Å². The van der Waals surface area contributed by atoms with E-state index in [1.807, 2.05) is 0 Å². The van der Waals surface area contributed by atoms with Gasteiger partial charge in [0.15, 0.2) is 6.10 Å². The van der Waals surface area contributed by atoms with Crippen molar-refractivity contribution < 1.29 is 22.7 Å². The molecule has 1 saturated heterocycles. The van der Waals surface area contributed by atoms with Crippen molar-refractivity contribution in [1.29, 1.82) is 0 Å². The Labute approximate surface area is 196 Å². The van der Waals surface area contributed by atoms with Gasteiger partial charge in [0.05, 0.1) is 4.90 Å². The Hall–Kier alpha value is -1.93. The van der Waals surface area contributed by atoms with Crippen LogP contribution in [0.25, 0.3) is 0 Å². The number of sulfonamides is 1. The molecule has 4 aliphatic carbocycles. The summed E-state index contributed by atoms with van der Waals surface area (Å²) in [5, 5.41) is 3.25. The predicted molar refractivity (Wildman–Crippen MR) is 123 cm³/mol. The van der Waals surface area contributed by atoms with Gasteiger partial charge in [0.2, 0.25) is 10.0 Å². The molecule has 2 atom stereocenters. The fraction of sp³-hybridized carbons (Fsp3) is 0.680. The van der Waals surface area contributed by atoms with Crippen LogP contribution in [-0.2, 0) is 24.3 Å². The monoisotopic (exact) mass is 474 g/mol. The molecule has 2 unspecified atom stereocenters. The number of hydrogen-bond acceptors (Lipinski definition) is 5. The van der Waals surface area contributed by atoms with E-state index in [1.54, 1.807) is 25.1 Å². The summed E-state index contributed by atoms with van der Waals surface area (Å²) in [5.74, 6) is 1.20. The highest BCUT2D eigenvalue weighted by molar-refractivity contribution is 7.89. The van der Waals surface area contributed by atoms with Crippen molar-refractivity contribution in [2.45, 2.75) is 87.3 Å². The van der Waals surface area contributed by atoms with Crippen molar-refractivity contribution in [1.82, 2.24) is 9.62 Å². The van der Waals surface area contributed by atoms with Crippen LogP contribution in [-0.4, -0.2) is 48.8 Å². The number of benzene rings is 1. The molecule has 0 radical (unpaired) electrons. The third kappa shape index (κ3) is 4.44. The normalized spacial score (nSPS) is 34.6. The molecule has 5 aliphatic rings. The summed E-state index contributed by atoms with van der Waals surface area (Å²) in [5.41, 5.74) is -0.153. The first kappa shape index (κ1) is 22.8. The Morgan fingerprint density at radius 3 is 2.24 bits per heavy atom. The minimum atomic E-state index is -3.82. The Balaban J connectivity index is 1.25. The number of nitrogens with one attached hydrogen (secondary N) is 1. The maximum Gasteiger partial charge on any atom is 0.325 e. The standard InChI is InChI=1S/C25H34N2O5S/c1-17(23(28)26-25-14-18-11-19(15-25)13-20(12-18)16-25)32-24(29)22-9-5-6-10-27(22)33(30,31)21-7-3-2-4-8-21/h2-4,7-8,17-20,22H,5-6,9-16H2,1H3,(H,26,28). The van der Waals surface area contributed by atoms with Gasteiger partial charge >= 0.3 is 5.97 Å². The zero-order chi connectivity index (χ0) is 23.2. The van der Waals surface area contributed by atoms with Gasteiger partial charge in [0.25, 0.3) is 5.91 Å². The van der Waals surface area contributed by atoms with Crippen LogP contribution in [0.2, 0.25) is 0 Å². The van der Waals surface area contributed by atoms with Crippen molar-refractivity contribution in [2.75, 3.05) is 6.54 Å². The van der Waals surface area contributed by atoms with Crippen LogP contribution in [0.3, 0.4) is 0 Å². The third-order valence-corrected chi connectivity index (χ3v) is 10.1. The average Bonchev–Trinajstić information content (AvgIpc) is 2.78. The Bertz CT molecular complexity index is 974. The molecule has 1 heterocycles. The second-order valence-corrected chi connectivity index (χ2v) is 12.6. The molecule has 4 saturated carbocycles. The SMILES string of the molecule is CC(OC(=O)C1CCCCN1S(=O)(=O)c1ccccc1)C(=O)NC12CC3CC(CC(C3)C1)C2. The first-order chi connectivity index (χ1) is 15.8. The molecule has 8 heteroatoms.